The van der Waals surface area contributed by atoms with Gasteiger partial charge in [0.1, 0.15) is 0 Å². The summed E-state index contributed by atoms with van der Waals surface area (Å²) in [6, 6.07) is 0. The molecule has 0 amide bonds. The van der Waals surface area contributed by atoms with Crippen molar-refractivity contribution in [3.8, 4) is 0 Å². The highest BCUT2D eigenvalue weighted by Gasteiger charge is 2.40. The van der Waals surface area contributed by atoms with Crippen molar-refractivity contribution in [2.45, 2.75) is 70.7 Å². The van der Waals surface area contributed by atoms with Gasteiger partial charge in [-0.3, -0.25) is 4.18 Å². The first kappa shape index (κ1) is 18.1. The van der Waals surface area contributed by atoms with Gasteiger partial charge >= 0.3 is 0 Å². The maximum absolute atomic E-state index is 11.5. The molecule has 120 valence electrons. The van der Waals surface area contributed by atoms with Crippen LogP contribution in [0.1, 0.15) is 46.5 Å². The van der Waals surface area contributed by atoms with E-state index in [1.54, 1.807) is 0 Å². The third kappa shape index (κ3) is 5.13. The molecule has 6 heteroatoms. The summed E-state index contributed by atoms with van der Waals surface area (Å²) in [7, 11) is -3.80. The van der Waals surface area contributed by atoms with Crippen LogP contribution >= 0.6 is 0 Å². The topological polar surface area (TPSA) is 52.6 Å². The molecule has 0 radical (unpaired) electrons. The highest BCUT2D eigenvalue weighted by Crippen LogP contribution is 2.39. The van der Waals surface area contributed by atoms with Gasteiger partial charge in [-0.25, -0.2) is 0 Å². The zero-order valence-electron chi connectivity index (χ0n) is 13.7. The van der Waals surface area contributed by atoms with Gasteiger partial charge in [0.15, 0.2) is 8.32 Å². The van der Waals surface area contributed by atoms with Gasteiger partial charge in [0.25, 0.3) is 10.1 Å². The van der Waals surface area contributed by atoms with Crippen LogP contribution in [0.5, 0.6) is 0 Å². The fraction of sp³-hybridized carbons (Fsp3) is 1.00. The van der Waals surface area contributed by atoms with Crippen LogP contribution < -0.4 is 0 Å². The van der Waals surface area contributed by atoms with Crippen LogP contribution in [0.25, 0.3) is 0 Å². The van der Waals surface area contributed by atoms with Crippen molar-refractivity contribution in [3.63, 3.8) is 0 Å². The molecule has 1 aliphatic carbocycles. The van der Waals surface area contributed by atoms with Gasteiger partial charge in [-0.15, -0.1) is 0 Å². The van der Waals surface area contributed by atoms with E-state index in [0.717, 1.165) is 25.7 Å². The molecule has 1 rings (SSSR count). The van der Waals surface area contributed by atoms with Crippen LogP contribution in [-0.2, 0) is 18.7 Å². The Morgan fingerprint density at radius 1 is 1.10 bits per heavy atom. The molecule has 4 nitrogen and oxygen atoms in total. The summed E-state index contributed by atoms with van der Waals surface area (Å²) in [6.45, 7) is 11.3. The molecule has 0 aromatic rings. The van der Waals surface area contributed by atoms with Crippen molar-refractivity contribution in [2.75, 3.05) is 12.9 Å². The van der Waals surface area contributed by atoms with Crippen molar-refractivity contribution in [2.24, 2.45) is 5.92 Å². The van der Waals surface area contributed by atoms with E-state index in [-0.39, 0.29) is 16.7 Å². The molecule has 1 fully saturated rings. The van der Waals surface area contributed by atoms with Gasteiger partial charge in [0.05, 0.1) is 12.9 Å². The zero-order valence-corrected chi connectivity index (χ0v) is 15.5. The smallest absolute Gasteiger partial charge is 0.267 e. The maximum atomic E-state index is 11.5. The van der Waals surface area contributed by atoms with E-state index in [2.05, 4.69) is 38.0 Å². The number of hydrogen-bond donors (Lipinski definition) is 0. The Bertz CT molecular complexity index is 403. The highest BCUT2D eigenvalue weighted by atomic mass is 32.2. The Kier molecular flexibility index (Phi) is 5.86. The van der Waals surface area contributed by atoms with Crippen LogP contribution in [0.2, 0.25) is 18.1 Å². The molecule has 0 aromatic heterocycles. The minimum Gasteiger partial charge on any atom is -0.414 e. The lowest BCUT2D eigenvalue weighted by molar-refractivity contribution is 0.120. The van der Waals surface area contributed by atoms with Crippen LogP contribution in [0.15, 0.2) is 0 Å². The van der Waals surface area contributed by atoms with Gasteiger partial charge in [-0.2, -0.15) is 8.42 Å². The SMILES string of the molecule is COS(=O)(=O)CC1CCC(O[Si](C)(C)C(C)(C)C)CC1. The Morgan fingerprint density at radius 3 is 2.00 bits per heavy atom. The van der Waals surface area contributed by atoms with E-state index in [1.807, 2.05) is 0 Å². The van der Waals surface area contributed by atoms with E-state index < -0.39 is 18.4 Å². The molecule has 20 heavy (non-hydrogen) atoms. The van der Waals surface area contributed by atoms with Crippen molar-refractivity contribution in [1.29, 1.82) is 0 Å². The third-order valence-electron chi connectivity index (χ3n) is 4.76. The average Bonchev–Trinajstić information content (AvgIpc) is 2.29. The Balaban J connectivity index is 2.47. The largest absolute Gasteiger partial charge is 0.414 e. The predicted molar refractivity (Wildman–Crippen MR) is 84.8 cm³/mol. The summed E-state index contributed by atoms with van der Waals surface area (Å²) < 4.78 is 33.9. The standard InChI is InChI=1S/C14H30O4SSi/c1-14(2,3)20(5,6)18-13-9-7-12(8-10-13)11-19(15,16)17-4/h12-13H,7-11H2,1-6H3. The van der Waals surface area contributed by atoms with Crippen molar-refractivity contribution >= 4 is 18.4 Å². The Hall–Kier alpha value is 0.0869. The van der Waals surface area contributed by atoms with Gasteiger partial charge in [-0.1, -0.05) is 20.8 Å². The summed E-state index contributed by atoms with van der Waals surface area (Å²) >= 11 is 0. The summed E-state index contributed by atoms with van der Waals surface area (Å²) in [4.78, 5) is 0. The first-order chi connectivity index (χ1) is 8.97. The summed E-state index contributed by atoms with van der Waals surface area (Å²) in [5.74, 6) is 0.371. The first-order valence-corrected chi connectivity index (χ1v) is 11.9. The van der Waals surface area contributed by atoms with Crippen molar-refractivity contribution in [1.82, 2.24) is 0 Å². The van der Waals surface area contributed by atoms with Crippen LogP contribution in [0.4, 0.5) is 0 Å². The van der Waals surface area contributed by atoms with Crippen LogP contribution in [0.3, 0.4) is 0 Å². The van der Waals surface area contributed by atoms with E-state index in [1.165, 1.54) is 7.11 Å². The summed E-state index contributed by atoms with van der Waals surface area (Å²) in [5, 5.41) is 0.225. The van der Waals surface area contributed by atoms with Crippen LogP contribution in [0, 0.1) is 5.92 Å². The van der Waals surface area contributed by atoms with Gasteiger partial charge in [0, 0.05) is 6.10 Å². The molecule has 0 atom stereocenters. The zero-order chi connectivity index (χ0) is 15.6. The fourth-order valence-electron chi connectivity index (χ4n) is 2.37. The van der Waals surface area contributed by atoms with E-state index >= 15 is 0 Å². The molecule has 0 heterocycles. The lowest BCUT2D eigenvalue weighted by atomic mass is 9.89. The van der Waals surface area contributed by atoms with Gasteiger partial charge < -0.3 is 4.43 Å². The Morgan fingerprint density at radius 2 is 1.60 bits per heavy atom. The highest BCUT2D eigenvalue weighted by molar-refractivity contribution is 7.86. The first-order valence-electron chi connectivity index (χ1n) is 7.43. The predicted octanol–water partition coefficient (Wildman–Crippen LogP) is 3.54. The molecule has 0 spiro atoms. The lowest BCUT2D eigenvalue weighted by Crippen LogP contribution is -2.44. The number of hydrogen-bond acceptors (Lipinski definition) is 4. The number of rotatable bonds is 5. The molecule has 0 bridgehead atoms. The third-order valence-corrected chi connectivity index (χ3v) is 10.7. The molecule has 0 aliphatic heterocycles. The maximum Gasteiger partial charge on any atom is 0.267 e. The van der Waals surface area contributed by atoms with E-state index in [9.17, 15) is 8.42 Å². The van der Waals surface area contributed by atoms with Gasteiger partial charge in [-0.05, 0) is 49.7 Å². The molecule has 0 unspecified atom stereocenters. The summed E-state index contributed by atoms with van der Waals surface area (Å²) in [5.41, 5.74) is 0. The monoisotopic (exact) mass is 322 g/mol. The minimum atomic E-state index is -3.33. The lowest BCUT2D eigenvalue weighted by Gasteiger charge is -2.41. The molecule has 0 saturated heterocycles. The molecule has 1 aliphatic rings. The van der Waals surface area contributed by atoms with Crippen LogP contribution in [-0.4, -0.2) is 35.7 Å². The second-order valence-electron chi connectivity index (χ2n) is 7.41. The van der Waals surface area contributed by atoms with Crippen molar-refractivity contribution < 1.29 is 17.0 Å². The van der Waals surface area contributed by atoms with E-state index in [0.29, 0.717) is 6.10 Å². The van der Waals surface area contributed by atoms with Gasteiger partial charge in [0.2, 0.25) is 0 Å². The molecule has 0 aromatic carbocycles. The van der Waals surface area contributed by atoms with Crippen molar-refractivity contribution in [3.05, 3.63) is 0 Å². The average molecular weight is 323 g/mol. The van der Waals surface area contributed by atoms with E-state index in [4.69, 9.17) is 4.43 Å². The second kappa shape index (κ2) is 6.46. The molecular weight excluding hydrogens is 292 g/mol. The molecule has 1 saturated carbocycles. The quantitative estimate of drug-likeness (QED) is 0.574. The summed E-state index contributed by atoms with van der Waals surface area (Å²) in [6.07, 6.45) is 4.08. The molecular formula is C14H30O4SSi. The fourth-order valence-corrected chi connectivity index (χ4v) is 4.84. The minimum absolute atomic E-state index is 0.149. The second-order valence-corrected chi connectivity index (χ2v) is 14.0. The Labute approximate surface area is 125 Å². The normalized spacial score (nSPS) is 25.7. The molecule has 0 N–H and O–H groups in total.